The molecule has 1 aliphatic rings. The van der Waals surface area contributed by atoms with Gasteiger partial charge in [0.2, 0.25) is 0 Å². The van der Waals surface area contributed by atoms with Crippen LogP contribution in [0.3, 0.4) is 0 Å². The molecule has 0 bridgehead atoms. The lowest BCUT2D eigenvalue weighted by molar-refractivity contribution is 0.102. The normalized spacial score (nSPS) is 15.7. The fourth-order valence-corrected chi connectivity index (χ4v) is 4.51. The van der Waals surface area contributed by atoms with E-state index in [-0.39, 0.29) is 11.7 Å². The van der Waals surface area contributed by atoms with Crippen LogP contribution in [0.4, 0.5) is 20.2 Å². The maximum atomic E-state index is 14.3. The summed E-state index contributed by atoms with van der Waals surface area (Å²) in [4.78, 5) is 27.8. The van der Waals surface area contributed by atoms with Gasteiger partial charge in [0.1, 0.15) is 11.4 Å². The number of hydrogen-bond donors (Lipinski definition) is 1. The van der Waals surface area contributed by atoms with Gasteiger partial charge in [0, 0.05) is 36.8 Å². The van der Waals surface area contributed by atoms with E-state index in [1.807, 2.05) is 30.8 Å². The van der Waals surface area contributed by atoms with Gasteiger partial charge in [-0.3, -0.25) is 14.3 Å². The highest BCUT2D eigenvalue weighted by Gasteiger charge is 2.26. The third-order valence-electron chi connectivity index (χ3n) is 6.38. The Hall–Kier alpha value is -4.08. The summed E-state index contributed by atoms with van der Waals surface area (Å²) in [5.74, 6) is -2.02. The molecule has 1 amide bonds. The number of halogens is 2. The van der Waals surface area contributed by atoms with Crippen molar-refractivity contribution < 1.29 is 13.6 Å². The second-order valence-corrected chi connectivity index (χ2v) is 9.43. The Morgan fingerprint density at radius 1 is 1.06 bits per heavy atom. The summed E-state index contributed by atoms with van der Waals surface area (Å²) >= 11 is 0. The number of fused-ring (bicyclic) bond motifs is 1. The number of carbonyl (C=O) groups excluding carboxylic acids is 1. The quantitative estimate of drug-likeness (QED) is 0.442. The summed E-state index contributed by atoms with van der Waals surface area (Å²) in [6.07, 6.45) is 3.01. The highest BCUT2D eigenvalue weighted by Crippen LogP contribution is 2.38. The predicted molar refractivity (Wildman–Crippen MR) is 134 cm³/mol. The van der Waals surface area contributed by atoms with Gasteiger partial charge in [-0.15, -0.1) is 0 Å². The molecular formula is C26H26F2N6O2. The Kier molecular flexibility index (Phi) is 6.03. The molecule has 1 fully saturated rings. The first-order chi connectivity index (χ1) is 17.2. The third-order valence-corrected chi connectivity index (χ3v) is 6.38. The van der Waals surface area contributed by atoms with Crippen molar-refractivity contribution in [1.29, 1.82) is 0 Å². The average molecular weight is 493 g/mol. The highest BCUT2D eigenvalue weighted by atomic mass is 19.1. The van der Waals surface area contributed by atoms with E-state index in [9.17, 15) is 18.4 Å². The number of para-hydroxylation sites is 1. The van der Waals surface area contributed by atoms with Crippen molar-refractivity contribution in [2.24, 2.45) is 5.92 Å². The molecule has 5 rings (SSSR count). The molecule has 3 heterocycles. The number of hydrogen-bond acceptors (Lipinski definition) is 5. The topological polar surface area (TPSA) is 85.0 Å². The van der Waals surface area contributed by atoms with Crippen molar-refractivity contribution in [3.05, 3.63) is 76.3 Å². The molecule has 36 heavy (non-hydrogen) atoms. The number of carbonyl (C=O) groups is 1. The maximum absolute atomic E-state index is 14.3. The van der Waals surface area contributed by atoms with E-state index in [2.05, 4.69) is 27.3 Å². The number of rotatable bonds is 5. The zero-order chi connectivity index (χ0) is 25.6. The van der Waals surface area contributed by atoms with E-state index in [0.29, 0.717) is 16.3 Å². The molecule has 2 aromatic heterocycles. The molecule has 1 N–H and O–H groups in total. The Balaban J connectivity index is 1.55. The van der Waals surface area contributed by atoms with Gasteiger partial charge in [0.05, 0.1) is 16.9 Å². The van der Waals surface area contributed by atoms with E-state index < -0.39 is 28.8 Å². The number of anilines is 2. The summed E-state index contributed by atoms with van der Waals surface area (Å²) in [5.41, 5.74) is 0.706. The van der Waals surface area contributed by atoms with Gasteiger partial charge in [0.15, 0.2) is 11.6 Å². The van der Waals surface area contributed by atoms with Crippen LogP contribution in [0.15, 0.2) is 53.5 Å². The number of nitrogens with zero attached hydrogens (tertiary/aromatic N) is 5. The first kappa shape index (κ1) is 23.7. The van der Waals surface area contributed by atoms with E-state index in [0.717, 1.165) is 54.3 Å². The Morgan fingerprint density at radius 3 is 2.47 bits per heavy atom. The average Bonchev–Trinajstić information content (AvgIpc) is 3.46. The second kappa shape index (κ2) is 9.18. The maximum Gasteiger partial charge on any atom is 0.276 e. The van der Waals surface area contributed by atoms with Gasteiger partial charge in [-0.2, -0.15) is 14.9 Å². The monoisotopic (exact) mass is 492 g/mol. The van der Waals surface area contributed by atoms with Crippen LogP contribution in [0.25, 0.3) is 16.6 Å². The van der Waals surface area contributed by atoms with Crippen LogP contribution in [-0.4, -0.2) is 38.6 Å². The number of amides is 1. The summed E-state index contributed by atoms with van der Waals surface area (Å²) in [7, 11) is 0. The first-order valence-corrected chi connectivity index (χ1v) is 11.9. The fourth-order valence-electron chi connectivity index (χ4n) is 4.51. The fraction of sp³-hybridized carbons (Fsp3) is 0.308. The molecule has 0 radical (unpaired) electrons. The third kappa shape index (κ3) is 4.23. The van der Waals surface area contributed by atoms with Crippen LogP contribution in [0.1, 0.15) is 43.7 Å². The van der Waals surface area contributed by atoms with Gasteiger partial charge < -0.3 is 10.2 Å². The van der Waals surface area contributed by atoms with E-state index in [1.54, 1.807) is 6.07 Å². The second-order valence-electron chi connectivity index (χ2n) is 9.43. The van der Waals surface area contributed by atoms with Crippen molar-refractivity contribution in [1.82, 2.24) is 19.6 Å². The molecule has 4 aromatic rings. The minimum atomic E-state index is -0.958. The lowest BCUT2D eigenvalue weighted by atomic mass is 10.1. The Labute approximate surface area is 206 Å². The molecule has 8 nitrogen and oxygen atoms in total. The molecule has 0 spiro atoms. The molecular weight excluding hydrogens is 466 g/mol. The molecule has 1 saturated heterocycles. The van der Waals surface area contributed by atoms with Gasteiger partial charge in [0.25, 0.3) is 11.5 Å². The van der Waals surface area contributed by atoms with Crippen molar-refractivity contribution in [3.63, 3.8) is 0 Å². The minimum absolute atomic E-state index is 0.157. The van der Waals surface area contributed by atoms with Crippen LogP contribution in [0.2, 0.25) is 0 Å². The van der Waals surface area contributed by atoms with Crippen LogP contribution in [-0.2, 0) is 0 Å². The van der Waals surface area contributed by atoms with Gasteiger partial charge in [-0.25, -0.2) is 8.78 Å². The standard InChI is InChI=1S/C26H26F2N6O2/c1-15(2)33-14-17-20(30-33)7-8-21(24(17)32-12-11-16(3)13-32)29-26(36)22-9-10-23(35)34(31-22)25-18(27)5-4-6-19(25)28/h4-10,14-16H,11-13H2,1-3H3,(H,29,36)/t16-/m0/s1. The van der Waals surface area contributed by atoms with Crippen LogP contribution in [0, 0.1) is 17.6 Å². The first-order valence-electron chi connectivity index (χ1n) is 11.9. The molecule has 186 valence electrons. The smallest absolute Gasteiger partial charge is 0.276 e. The summed E-state index contributed by atoms with van der Waals surface area (Å²) in [6, 6.07) is 9.34. The zero-order valence-electron chi connectivity index (χ0n) is 20.2. The number of benzene rings is 2. The van der Waals surface area contributed by atoms with E-state index >= 15 is 0 Å². The van der Waals surface area contributed by atoms with E-state index in [1.165, 1.54) is 12.1 Å². The zero-order valence-corrected chi connectivity index (χ0v) is 20.2. The molecule has 0 unspecified atom stereocenters. The molecule has 1 atom stereocenters. The van der Waals surface area contributed by atoms with Gasteiger partial charge in [-0.05, 0) is 56.5 Å². The van der Waals surface area contributed by atoms with Crippen LogP contribution < -0.4 is 15.8 Å². The van der Waals surface area contributed by atoms with Crippen molar-refractivity contribution >= 4 is 28.2 Å². The van der Waals surface area contributed by atoms with Crippen molar-refractivity contribution in [3.8, 4) is 5.69 Å². The SMILES string of the molecule is CC(C)n1cc2c(N3CC[C@H](C)C3)c(NC(=O)c3ccc(=O)n(-c4c(F)cccc4F)n3)ccc2n1. The minimum Gasteiger partial charge on any atom is -0.369 e. The Morgan fingerprint density at radius 2 is 1.81 bits per heavy atom. The molecule has 0 aliphatic carbocycles. The largest absolute Gasteiger partial charge is 0.369 e. The van der Waals surface area contributed by atoms with Gasteiger partial charge >= 0.3 is 0 Å². The molecule has 0 saturated carbocycles. The Bertz CT molecular complexity index is 1510. The highest BCUT2D eigenvalue weighted by molar-refractivity contribution is 6.08. The van der Waals surface area contributed by atoms with Crippen LogP contribution >= 0.6 is 0 Å². The van der Waals surface area contributed by atoms with Crippen molar-refractivity contribution in [2.75, 3.05) is 23.3 Å². The summed E-state index contributed by atoms with van der Waals surface area (Å²) < 4.78 is 31.1. The molecule has 2 aromatic carbocycles. The molecule has 10 heteroatoms. The lowest BCUT2D eigenvalue weighted by Crippen LogP contribution is -2.27. The lowest BCUT2D eigenvalue weighted by Gasteiger charge is -2.23. The van der Waals surface area contributed by atoms with Crippen molar-refractivity contribution in [2.45, 2.75) is 33.2 Å². The number of aromatic nitrogens is 4. The predicted octanol–water partition coefficient (Wildman–Crippen LogP) is 4.54. The summed E-state index contributed by atoms with van der Waals surface area (Å²) in [6.45, 7) is 7.96. The summed E-state index contributed by atoms with van der Waals surface area (Å²) in [5, 5.41) is 12.5. The van der Waals surface area contributed by atoms with E-state index in [4.69, 9.17) is 0 Å². The number of nitrogens with one attached hydrogen (secondary N) is 1. The molecule has 1 aliphatic heterocycles. The van der Waals surface area contributed by atoms with Gasteiger partial charge in [-0.1, -0.05) is 13.0 Å². The van der Waals surface area contributed by atoms with Crippen LogP contribution in [0.5, 0.6) is 0 Å².